The van der Waals surface area contributed by atoms with Crippen LogP contribution in [0.5, 0.6) is 5.75 Å². The lowest BCUT2D eigenvalue weighted by atomic mass is 10.0. The van der Waals surface area contributed by atoms with Crippen molar-refractivity contribution >= 4 is 39.1 Å². The maximum absolute atomic E-state index is 14.5. The van der Waals surface area contributed by atoms with Crippen molar-refractivity contribution in [1.82, 2.24) is 10.2 Å². The van der Waals surface area contributed by atoms with Crippen molar-refractivity contribution in [2.24, 2.45) is 0 Å². The molecule has 10 heteroatoms. The monoisotopic (exact) mass is 661 g/mol. The van der Waals surface area contributed by atoms with Gasteiger partial charge in [-0.05, 0) is 87.4 Å². The summed E-state index contributed by atoms with van der Waals surface area (Å²) in [4.78, 5) is 29.9. The number of benzene rings is 4. The molecule has 0 saturated heterocycles. The van der Waals surface area contributed by atoms with Crippen LogP contribution in [-0.2, 0) is 32.6 Å². The molecular weight excluding hydrogens is 622 g/mol. The number of nitrogens with one attached hydrogen (secondary N) is 1. The van der Waals surface area contributed by atoms with Crippen molar-refractivity contribution in [3.05, 3.63) is 125 Å². The number of carbonyl (C=O) groups excluding carboxylic acids is 2. The van der Waals surface area contributed by atoms with E-state index in [4.69, 9.17) is 16.3 Å². The minimum absolute atomic E-state index is 0.00293. The minimum Gasteiger partial charge on any atom is -0.494 e. The van der Waals surface area contributed by atoms with Gasteiger partial charge >= 0.3 is 0 Å². The van der Waals surface area contributed by atoms with Crippen molar-refractivity contribution in [2.75, 3.05) is 17.5 Å². The zero-order valence-corrected chi connectivity index (χ0v) is 28.1. The Balaban J connectivity index is 1.78. The van der Waals surface area contributed by atoms with E-state index in [2.05, 4.69) is 5.32 Å². The van der Waals surface area contributed by atoms with E-state index in [1.807, 2.05) is 58.0 Å². The van der Waals surface area contributed by atoms with E-state index in [1.165, 1.54) is 17.0 Å². The number of hydrogen-bond donors (Lipinski definition) is 1. The molecule has 242 valence electrons. The van der Waals surface area contributed by atoms with Gasteiger partial charge in [-0.1, -0.05) is 72.3 Å². The fourth-order valence-electron chi connectivity index (χ4n) is 4.92. The summed E-state index contributed by atoms with van der Waals surface area (Å²) in [7, 11) is -4.21. The molecule has 0 saturated carbocycles. The molecule has 2 amide bonds. The number of amides is 2. The third kappa shape index (κ3) is 9.34. The highest BCUT2D eigenvalue weighted by Gasteiger charge is 2.35. The van der Waals surface area contributed by atoms with Crippen molar-refractivity contribution in [2.45, 2.75) is 57.1 Å². The molecule has 8 nitrogen and oxygen atoms in total. The molecule has 1 atom stereocenters. The second-order valence-corrected chi connectivity index (χ2v) is 14.1. The third-order valence-corrected chi connectivity index (χ3v) is 9.12. The predicted molar refractivity (Wildman–Crippen MR) is 182 cm³/mol. The lowest BCUT2D eigenvalue weighted by Gasteiger charge is -2.35. The first-order valence-corrected chi connectivity index (χ1v) is 16.9. The quantitative estimate of drug-likeness (QED) is 0.177. The van der Waals surface area contributed by atoms with Crippen molar-refractivity contribution in [3.63, 3.8) is 0 Å². The first-order valence-electron chi connectivity index (χ1n) is 15.1. The van der Waals surface area contributed by atoms with Gasteiger partial charge < -0.3 is 15.0 Å². The van der Waals surface area contributed by atoms with Gasteiger partial charge in [0, 0.05) is 23.5 Å². The van der Waals surface area contributed by atoms with Gasteiger partial charge in [0.25, 0.3) is 10.0 Å². The highest BCUT2D eigenvalue weighted by Crippen LogP contribution is 2.26. The van der Waals surface area contributed by atoms with Gasteiger partial charge in [-0.2, -0.15) is 0 Å². The third-order valence-electron chi connectivity index (χ3n) is 7.08. The summed E-state index contributed by atoms with van der Waals surface area (Å²) in [5, 5.41) is 3.56. The molecular formula is C36H40ClN3O5S. The van der Waals surface area contributed by atoms with Crippen LogP contribution in [0.15, 0.2) is 114 Å². The number of sulfonamides is 1. The second-order valence-electron chi connectivity index (χ2n) is 11.8. The smallest absolute Gasteiger partial charge is 0.264 e. The maximum Gasteiger partial charge on any atom is 0.264 e. The predicted octanol–water partition coefficient (Wildman–Crippen LogP) is 6.49. The highest BCUT2D eigenvalue weighted by molar-refractivity contribution is 7.92. The Bertz CT molecular complexity index is 1690. The van der Waals surface area contributed by atoms with Gasteiger partial charge in [-0.15, -0.1) is 0 Å². The van der Waals surface area contributed by atoms with E-state index in [9.17, 15) is 18.0 Å². The number of rotatable bonds is 13. The van der Waals surface area contributed by atoms with Gasteiger partial charge in [0.15, 0.2) is 0 Å². The van der Waals surface area contributed by atoms with Gasteiger partial charge in [0.05, 0.1) is 17.2 Å². The summed E-state index contributed by atoms with van der Waals surface area (Å²) in [6, 6.07) is 30.0. The molecule has 0 unspecified atom stereocenters. The Hall–Kier alpha value is -4.34. The molecule has 0 aliphatic rings. The van der Waals surface area contributed by atoms with E-state index >= 15 is 0 Å². The molecule has 0 bridgehead atoms. The molecule has 0 aromatic heterocycles. The van der Waals surface area contributed by atoms with Crippen molar-refractivity contribution < 1.29 is 22.7 Å². The van der Waals surface area contributed by atoms with E-state index in [0.29, 0.717) is 23.1 Å². The number of halogens is 1. The van der Waals surface area contributed by atoms with Crippen LogP contribution >= 0.6 is 11.6 Å². The largest absolute Gasteiger partial charge is 0.494 e. The molecule has 0 radical (unpaired) electrons. The van der Waals surface area contributed by atoms with Crippen LogP contribution in [0, 0.1) is 0 Å². The van der Waals surface area contributed by atoms with Crippen LogP contribution in [0.25, 0.3) is 0 Å². The lowest BCUT2D eigenvalue weighted by Crippen LogP contribution is -2.56. The zero-order chi connectivity index (χ0) is 33.3. The van der Waals surface area contributed by atoms with Crippen LogP contribution in [0.1, 0.15) is 38.8 Å². The molecule has 4 aromatic carbocycles. The summed E-state index contributed by atoms with van der Waals surface area (Å²) < 4.78 is 34.9. The zero-order valence-electron chi connectivity index (χ0n) is 26.5. The molecule has 4 aromatic rings. The van der Waals surface area contributed by atoms with E-state index in [1.54, 1.807) is 66.7 Å². The Morgan fingerprint density at radius 1 is 0.826 bits per heavy atom. The molecule has 0 heterocycles. The van der Waals surface area contributed by atoms with Gasteiger partial charge in [-0.25, -0.2) is 8.42 Å². The first-order chi connectivity index (χ1) is 21.9. The summed E-state index contributed by atoms with van der Waals surface area (Å²) in [5.74, 6) is -0.357. The number of carbonyl (C=O) groups is 2. The van der Waals surface area contributed by atoms with E-state index < -0.39 is 34.1 Å². The fraction of sp³-hybridized carbons (Fsp3) is 0.278. The fourth-order valence-corrected chi connectivity index (χ4v) is 6.46. The maximum atomic E-state index is 14.5. The van der Waals surface area contributed by atoms with Crippen LogP contribution in [0.4, 0.5) is 5.69 Å². The summed E-state index contributed by atoms with van der Waals surface area (Å²) in [5.41, 5.74) is 1.33. The normalized spacial score (nSPS) is 12.2. The highest BCUT2D eigenvalue weighted by atomic mass is 35.5. The Morgan fingerprint density at radius 3 is 1.98 bits per heavy atom. The molecule has 1 N–H and O–H groups in total. The summed E-state index contributed by atoms with van der Waals surface area (Å²) >= 11 is 6.15. The topological polar surface area (TPSA) is 96.0 Å². The van der Waals surface area contributed by atoms with Crippen LogP contribution in [-0.4, -0.2) is 49.9 Å². The summed E-state index contributed by atoms with van der Waals surface area (Å²) in [6.45, 7) is 7.41. The molecule has 0 aliphatic carbocycles. The number of nitrogens with zero attached hydrogens (tertiary/aromatic N) is 2. The van der Waals surface area contributed by atoms with E-state index in [0.717, 1.165) is 15.4 Å². The molecule has 46 heavy (non-hydrogen) atoms. The van der Waals surface area contributed by atoms with Gasteiger partial charge in [0.1, 0.15) is 18.3 Å². The minimum atomic E-state index is -4.21. The van der Waals surface area contributed by atoms with Gasteiger partial charge in [0.2, 0.25) is 11.8 Å². The van der Waals surface area contributed by atoms with E-state index in [-0.39, 0.29) is 23.8 Å². The van der Waals surface area contributed by atoms with Crippen molar-refractivity contribution in [1.29, 1.82) is 0 Å². The lowest BCUT2D eigenvalue weighted by molar-refractivity contribution is -0.140. The molecule has 0 aliphatic heterocycles. The molecule has 0 spiro atoms. The average Bonchev–Trinajstić information content (AvgIpc) is 3.03. The number of hydrogen-bond acceptors (Lipinski definition) is 5. The van der Waals surface area contributed by atoms with Gasteiger partial charge in [-0.3, -0.25) is 13.9 Å². The number of anilines is 1. The Labute approximate surface area is 277 Å². The Kier molecular flexibility index (Phi) is 11.5. The molecule has 0 fully saturated rings. The molecule has 4 rings (SSSR count). The van der Waals surface area contributed by atoms with Crippen molar-refractivity contribution in [3.8, 4) is 5.75 Å². The first kappa shape index (κ1) is 34.5. The number of para-hydroxylation sites is 1. The van der Waals surface area contributed by atoms with Crippen LogP contribution in [0.2, 0.25) is 5.02 Å². The standard InChI is InChI=1S/C36H40ClN3O5S/c1-5-45-31-20-22-32(23-21-31)46(43,44)40(30-14-10-7-11-15-30)26-34(41)39(25-28-16-18-29(37)19-17-28)33(35(42)38-36(2,3)4)24-27-12-8-6-9-13-27/h6-23,33H,5,24-26H2,1-4H3,(H,38,42)/t33-/m1/s1. The van der Waals surface area contributed by atoms with Crippen LogP contribution < -0.4 is 14.4 Å². The van der Waals surface area contributed by atoms with Crippen LogP contribution in [0.3, 0.4) is 0 Å². The second kappa shape index (κ2) is 15.3. The SMILES string of the molecule is CCOc1ccc(S(=O)(=O)N(CC(=O)N(Cc2ccc(Cl)cc2)[C@H](Cc2ccccc2)C(=O)NC(C)(C)C)c2ccccc2)cc1. The summed E-state index contributed by atoms with van der Waals surface area (Å²) in [6.07, 6.45) is 0.221. The number of ether oxygens (including phenoxy) is 1. The average molecular weight is 662 g/mol. The Morgan fingerprint density at radius 2 is 1.41 bits per heavy atom.